The van der Waals surface area contributed by atoms with E-state index in [1.54, 1.807) is 0 Å². The Hall–Kier alpha value is -1.15. The number of unbranched alkanes of at least 4 members (excludes halogenated alkanes) is 12. The number of rotatable bonds is 19. The number of nitrogens with one attached hydrogen (secondary N) is 1. The summed E-state index contributed by atoms with van der Waals surface area (Å²) in [6.07, 6.45) is 15.5. The minimum atomic E-state index is -4.24. The van der Waals surface area contributed by atoms with Gasteiger partial charge in [-0.05, 0) is 12.8 Å². The van der Waals surface area contributed by atoms with Crippen LogP contribution in [-0.2, 0) is 19.7 Å². The van der Waals surface area contributed by atoms with Gasteiger partial charge in [0.25, 0.3) is 10.1 Å². The Balaban J connectivity index is 3.61. The molecule has 0 aromatic carbocycles. The molecule has 28 heavy (non-hydrogen) atoms. The molecule has 0 radical (unpaired) electrons. The molecule has 0 unspecified atom stereocenters. The van der Waals surface area contributed by atoms with Gasteiger partial charge in [0.1, 0.15) is 6.04 Å². The topological polar surface area (TPSA) is 121 Å². The first-order chi connectivity index (χ1) is 13.3. The molecule has 3 N–H and O–H groups in total. The molecule has 0 bridgehead atoms. The number of carboxylic acid groups (broad SMARTS) is 1. The molecule has 0 spiro atoms. The van der Waals surface area contributed by atoms with Gasteiger partial charge in [0, 0.05) is 6.42 Å². The predicted octanol–water partition coefficient (Wildman–Crippen LogP) is 4.32. The Morgan fingerprint density at radius 1 is 0.821 bits per heavy atom. The molecule has 0 aromatic rings. The lowest BCUT2D eigenvalue weighted by atomic mass is 10.0. The van der Waals surface area contributed by atoms with Crippen LogP contribution in [0.25, 0.3) is 0 Å². The van der Waals surface area contributed by atoms with Crippen LogP contribution in [0.15, 0.2) is 0 Å². The number of hydrogen-bond acceptors (Lipinski definition) is 4. The van der Waals surface area contributed by atoms with Crippen molar-refractivity contribution in [2.75, 3.05) is 5.75 Å². The van der Waals surface area contributed by atoms with E-state index in [1.165, 1.54) is 57.8 Å². The Kier molecular flexibility index (Phi) is 16.1. The van der Waals surface area contributed by atoms with Crippen molar-refractivity contribution in [3.05, 3.63) is 0 Å². The van der Waals surface area contributed by atoms with Gasteiger partial charge < -0.3 is 10.4 Å². The number of hydrogen-bond donors (Lipinski definition) is 3. The van der Waals surface area contributed by atoms with Gasteiger partial charge >= 0.3 is 5.97 Å². The summed E-state index contributed by atoms with van der Waals surface area (Å²) in [5.41, 5.74) is 0. The van der Waals surface area contributed by atoms with Crippen LogP contribution in [0, 0.1) is 0 Å². The maximum absolute atomic E-state index is 11.8. The van der Waals surface area contributed by atoms with Crippen LogP contribution < -0.4 is 5.32 Å². The zero-order chi connectivity index (χ0) is 21.3. The van der Waals surface area contributed by atoms with Crippen molar-refractivity contribution in [1.82, 2.24) is 5.32 Å². The number of aliphatic carboxylic acids is 1. The third-order valence-corrected chi connectivity index (χ3v) is 5.56. The second-order valence-electron chi connectivity index (χ2n) is 7.53. The summed E-state index contributed by atoms with van der Waals surface area (Å²) in [5.74, 6) is -2.39. The zero-order valence-electron chi connectivity index (χ0n) is 17.3. The molecule has 8 heteroatoms. The molecule has 7 nitrogen and oxygen atoms in total. The van der Waals surface area contributed by atoms with Crippen LogP contribution in [0.4, 0.5) is 0 Å². The largest absolute Gasteiger partial charge is 0.480 e. The summed E-state index contributed by atoms with van der Waals surface area (Å²) in [7, 11) is -4.24. The molecule has 1 amide bonds. The van der Waals surface area contributed by atoms with Gasteiger partial charge in [-0.1, -0.05) is 84.0 Å². The molecule has 0 aromatic heterocycles. The summed E-state index contributed by atoms with van der Waals surface area (Å²) in [4.78, 5) is 22.8. The smallest absolute Gasteiger partial charge is 0.326 e. The van der Waals surface area contributed by atoms with Gasteiger partial charge in [-0.2, -0.15) is 8.42 Å². The van der Waals surface area contributed by atoms with Crippen molar-refractivity contribution < 1.29 is 27.7 Å². The average Bonchev–Trinajstić information content (AvgIpc) is 2.61. The van der Waals surface area contributed by atoms with Crippen LogP contribution in [0.3, 0.4) is 0 Å². The highest BCUT2D eigenvalue weighted by Crippen LogP contribution is 2.13. The summed E-state index contributed by atoms with van der Waals surface area (Å²) >= 11 is 0. The lowest BCUT2D eigenvalue weighted by molar-refractivity contribution is -0.141. The van der Waals surface area contributed by atoms with E-state index in [2.05, 4.69) is 12.2 Å². The van der Waals surface area contributed by atoms with Gasteiger partial charge in [-0.15, -0.1) is 0 Å². The minimum Gasteiger partial charge on any atom is -0.480 e. The lowest BCUT2D eigenvalue weighted by Gasteiger charge is -2.13. The number of carbonyl (C=O) groups is 2. The van der Waals surface area contributed by atoms with Gasteiger partial charge in [-0.25, -0.2) is 4.79 Å². The van der Waals surface area contributed by atoms with Gasteiger partial charge in [0.15, 0.2) is 0 Å². The van der Waals surface area contributed by atoms with E-state index < -0.39 is 33.8 Å². The predicted molar refractivity (Wildman–Crippen MR) is 111 cm³/mol. The van der Waals surface area contributed by atoms with E-state index in [0.717, 1.165) is 19.3 Å². The standard InChI is InChI=1S/C20H39NO6S/c1-2-3-4-5-6-7-8-9-10-11-12-13-14-15-19(22)21-18(20(23)24)16-17-28(25,26)27/h18H,2-17H2,1H3,(H,21,22)(H,23,24)(H,25,26,27)/t18-/m0/s1. The van der Waals surface area contributed by atoms with Crippen LogP contribution in [0.5, 0.6) is 0 Å². The van der Waals surface area contributed by atoms with E-state index >= 15 is 0 Å². The van der Waals surface area contributed by atoms with E-state index in [9.17, 15) is 18.0 Å². The molecule has 0 heterocycles. The zero-order valence-corrected chi connectivity index (χ0v) is 18.1. The molecular weight excluding hydrogens is 382 g/mol. The quantitative estimate of drug-likeness (QED) is 0.211. The van der Waals surface area contributed by atoms with Crippen molar-refractivity contribution in [3.63, 3.8) is 0 Å². The first kappa shape index (κ1) is 26.9. The molecule has 0 aliphatic heterocycles. The van der Waals surface area contributed by atoms with Crippen LogP contribution in [-0.4, -0.2) is 41.7 Å². The Labute approximate surface area is 170 Å². The Bertz CT molecular complexity index is 521. The first-order valence-electron chi connectivity index (χ1n) is 10.7. The summed E-state index contributed by atoms with van der Waals surface area (Å²) in [6.45, 7) is 2.23. The van der Waals surface area contributed by atoms with Crippen molar-refractivity contribution in [2.45, 2.75) is 109 Å². The van der Waals surface area contributed by atoms with E-state index in [4.69, 9.17) is 9.66 Å². The SMILES string of the molecule is CCCCCCCCCCCCCCCC(=O)N[C@@H](CCS(=O)(=O)O)C(=O)O. The van der Waals surface area contributed by atoms with E-state index in [0.29, 0.717) is 6.42 Å². The highest BCUT2D eigenvalue weighted by molar-refractivity contribution is 7.85. The van der Waals surface area contributed by atoms with Crippen LogP contribution >= 0.6 is 0 Å². The fourth-order valence-electron chi connectivity index (χ4n) is 3.09. The van der Waals surface area contributed by atoms with Crippen molar-refractivity contribution >= 4 is 22.0 Å². The Morgan fingerprint density at radius 2 is 1.25 bits per heavy atom. The third-order valence-electron chi connectivity index (χ3n) is 4.81. The molecule has 0 aliphatic rings. The average molecular weight is 422 g/mol. The maximum atomic E-state index is 11.8. The van der Waals surface area contributed by atoms with Crippen LogP contribution in [0.1, 0.15) is 103 Å². The van der Waals surface area contributed by atoms with Crippen molar-refractivity contribution in [3.8, 4) is 0 Å². The third kappa shape index (κ3) is 18.2. The fraction of sp³-hybridized carbons (Fsp3) is 0.900. The number of carbonyl (C=O) groups excluding carboxylic acids is 1. The highest BCUT2D eigenvalue weighted by Gasteiger charge is 2.21. The number of amides is 1. The van der Waals surface area contributed by atoms with Crippen molar-refractivity contribution in [1.29, 1.82) is 0 Å². The van der Waals surface area contributed by atoms with E-state index in [-0.39, 0.29) is 12.8 Å². The molecule has 0 saturated heterocycles. The highest BCUT2D eigenvalue weighted by atomic mass is 32.2. The van der Waals surface area contributed by atoms with E-state index in [1.807, 2.05) is 0 Å². The molecule has 0 aliphatic carbocycles. The second-order valence-corrected chi connectivity index (χ2v) is 9.10. The maximum Gasteiger partial charge on any atom is 0.326 e. The normalized spacial score (nSPS) is 12.6. The first-order valence-corrected chi connectivity index (χ1v) is 12.3. The Morgan fingerprint density at radius 3 is 1.64 bits per heavy atom. The summed E-state index contributed by atoms with van der Waals surface area (Å²) in [6, 6.07) is -1.30. The summed E-state index contributed by atoms with van der Waals surface area (Å²) in [5, 5.41) is 11.3. The number of carboxylic acids is 1. The molecule has 1 atom stereocenters. The molecule has 0 fully saturated rings. The molecule has 0 saturated carbocycles. The fourth-order valence-corrected chi connectivity index (χ4v) is 3.63. The van der Waals surface area contributed by atoms with Crippen LogP contribution in [0.2, 0.25) is 0 Å². The molecule has 0 rings (SSSR count). The molecule has 166 valence electrons. The van der Waals surface area contributed by atoms with Gasteiger partial charge in [0.2, 0.25) is 5.91 Å². The monoisotopic (exact) mass is 421 g/mol. The summed E-state index contributed by atoms with van der Waals surface area (Å²) < 4.78 is 30.1. The van der Waals surface area contributed by atoms with Crippen molar-refractivity contribution in [2.24, 2.45) is 0 Å². The second kappa shape index (κ2) is 16.8. The minimum absolute atomic E-state index is 0.230. The van der Waals surface area contributed by atoms with Gasteiger partial charge in [-0.3, -0.25) is 9.35 Å². The molecular formula is C20H39NO6S. The lowest BCUT2D eigenvalue weighted by Crippen LogP contribution is -2.41. The van der Waals surface area contributed by atoms with Gasteiger partial charge in [0.05, 0.1) is 5.75 Å².